The third kappa shape index (κ3) is 4.97. The molecule has 2 aromatic heterocycles. The molecule has 4 rings (SSSR count). The van der Waals surface area contributed by atoms with Crippen LogP contribution in [0.25, 0.3) is 0 Å². The van der Waals surface area contributed by atoms with Gasteiger partial charge in [0, 0.05) is 31.0 Å². The van der Waals surface area contributed by atoms with E-state index in [1.807, 2.05) is 24.8 Å². The smallest absolute Gasteiger partial charge is 0.417 e. The van der Waals surface area contributed by atoms with Crippen molar-refractivity contribution in [2.24, 2.45) is 11.8 Å². The fraction of sp³-hybridized carbons (Fsp3) is 0.522. The second kappa shape index (κ2) is 8.96. The van der Waals surface area contributed by atoms with Crippen LogP contribution in [0.15, 0.2) is 30.5 Å². The van der Waals surface area contributed by atoms with Crippen LogP contribution in [-0.4, -0.2) is 46.5 Å². The minimum Gasteiger partial charge on any atom is -0.491 e. The topological polar surface area (TPSA) is 67.3 Å². The highest BCUT2D eigenvalue weighted by Crippen LogP contribution is 2.47. The summed E-state index contributed by atoms with van der Waals surface area (Å²) in [5, 5.41) is 3.10. The molecule has 3 atom stereocenters. The maximum absolute atomic E-state index is 13.5. The Bertz CT molecular complexity index is 965. The lowest BCUT2D eigenvalue weighted by Crippen LogP contribution is -2.48. The molecule has 6 nitrogen and oxygen atoms in total. The largest absolute Gasteiger partial charge is 0.491 e. The Morgan fingerprint density at radius 2 is 2.03 bits per heavy atom. The summed E-state index contributed by atoms with van der Waals surface area (Å²) in [6.07, 6.45) is -0.837. The van der Waals surface area contributed by atoms with Gasteiger partial charge in [0.15, 0.2) is 11.4 Å². The van der Waals surface area contributed by atoms with Gasteiger partial charge in [0.1, 0.15) is 5.82 Å². The second-order valence-corrected chi connectivity index (χ2v) is 8.56. The minimum atomic E-state index is -4.42. The molecule has 1 aliphatic carbocycles. The van der Waals surface area contributed by atoms with Crippen molar-refractivity contribution in [2.75, 3.05) is 25.0 Å². The Morgan fingerprint density at radius 1 is 1.22 bits per heavy atom. The number of nitrogens with zero attached hydrogens (tertiary/aromatic N) is 3. The van der Waals surface area contributed by atoms with Gasteiger partial charge in [-0.3, -0.25) is 4.79 Å². The predicted octanol–water partition coefficient (Wildman–Crippen LogP) is 4.56. The highest BCUT2D eigenvalue weighted by Gasteiger charge is 2.47. The van der Waals surface area contributed by atoms with E-state index in [2.05, 4.69) is 15.3 Å². The number of ether oxygens (including phenoxy) is 1. The van der Waals surface area contributed by atoms with Crippen LogP contribution in [0.3, 0.4) is 0 Å². The highest BCUT2D eigenvalue weighted by atomic mass is 19.4. The van der Waals surface area contributed by atoms with Crippen LogP contribution in [0.1, 0.15) is 47.9 Å². The molecule has 0 bridgehead atoms. The van der Waals surface area contributed by atoms with Gasteiger partial charge in [-0.1, -0.05) is 6.92 Å². The number of pyridine rings is 2. The van der Waals surface area contributed by atoms with E-state index in [0.29, 0.717) is 48.8 Å². The van der Waals surface area contributed by atoms with Gasteiger partial charge in [0.25, 0.3) is 5.91 Å². The Hall–Kier alpha value is -2.84. The first-order valence-corrected chi connectivity index (χ1v) is 10.9. The molecule has 1 saturated carbocycles. The summed E-state index contributed by atoms with van der Waals surface area (Å²) in [6.45, 7) is 5.39. The van der Waals surface area contributed by atoms with E-state index in [9.17, 15) is 18.0 Å². The van der Waals surface area contributed by atoms with Crippen molar-refractivity contribution in [3.63, 3.8) is 0 Å². The number of likely N-dealkylation sites (tertiary alicyclic amines) is 1. The van der Waals surface area contributed by atoms with Crippen LogP contribution in [0.5, 0.6) is 5.75 Å². The fourth-order valence-electron chi connectivity index (χ4n) is 4.19. The Balaban J connectivity index is 1.49. The predicted molar refractivity (Wildman–Crippen MR) is 114 cm³/mol. The maximum Gasteiger partial charge on any atom is 0.417 e. The van der Waals surface area contributed by atoms with E-state index in [1.54, 1.807) is 6.07 Å². The lowest BCUT2D eigenvalue weighted by atomic mass is 10.0. The Morgan fingerprint density at radius 3 is 2.72 bits per heavy atom. The molecule has 0 radical (unpaired) electrons. The number of carbonyl (C=O) groups is 1. The molecular weight excluding hydrogens is 421 g/mol. The van der Waals surface area contributed by atoms with Crippen molar-refractivity contribution in [1.82, 2.24) is 14.9 Å². The molecule has 1 unspecified atom stereocenters. The molecule has 9 heteroatoms. The molecule has 2 fully saturated rings. The minimum absolute atomic E-state index is 0.100. The molecule has 1 amide bonds. The number of amides is 1. The van der Waals surface area contributed by atoms with Crippen LogP contribution >= 0.6 is 0 Å². The summed E-state index contributed by atoms with van der Waals surface area (Å²) in [6, 6.07) is 5.83. The summed E-state index contributed by atoms with van der Waals surface area (Å²) in [5.41, 5.74) is 0.265. The Labute approximate surface area is 185 Å². The van der Waals surface area contributed by atoms with Crippen LogP contribution < -0.4 is 10.1 Å². The zero-order chi connectivity index (χ0) is 22.9. The molecule has 1 aliphatic heterocycles. The van der Waals surface area contributed by atoms with Gasteiger partial charge in [-0.05, 0) is 62.3 Å². The number of halogens is 3. The number of hydrogen-bond acceptors (Lipinski definition) is 5. The molecule has 1 saturated heterocycles. The number of hydrogen-bond donors (Lipinski definition) is 1. The van der Waals surface area contributed by atoms with Crippen molar-refractivity contribution < 1.29 is 22.7 Å². The number of rotatable bonds is 7. The molecule has 2 aliphatic rings. The first-order valence-electron chi connectivity index (χ1n) is 10.9. The maximum atomic E-state index is 13.5. The zero-order valence-corrected chi connectivity index (χ0v) is 18.2. The highest BCUT2D eigenvalue weighted by molar-refractivity contribution is 5.95. The number of nitrogens with one attached hydrogen (secondary N) is 1. The summed E-state index contributed by atoms with van der Waals surface area (Å²) in [7, 11) is 0. The number of alkyl halides is 3. The van der Waals surface area contributed by atoms with Gasteiger partial charge in [-0.15, -0.1) is 0 Å². The number of aromatic nitrogens is 2. The van der Waals surface area contributed by atoms with Crippen molar-refractivity contribution in [3.8, 4) is 5.75 Å². The van der Waals surface area contributed by atoms with Crippen molar-refractivity contribution in [2.45, 2.75) is 45.3 Å². The van der Waals surface area contributed by atoms with E-state index in [4.69, 9.17) is 4.74 Å². The van der Waals surface area contributed by atoms with E-state index in [1.165, 1.54) is 6.07 Å². The van der Waals surface area contributed by atoms with E-state index in [0.717, 1.165) is 37.2 Å². The van der Waals surface area contributed by atoms with Gasteiger partial charge in [-0.2, -0.15) is 13.2 Å². The summed E-state index contributed by atoms with van der Waals surface area (Å²) in [5.74, 6) is 1.76. The zero-order valence-electron chi connectivity index (χ0n) is 18.2. The molecule has 3 heterocycles. The normalized spacial score (nSPS) is 22.3. The Kier molecular flexibility index (Phi) is 6.26. The number of fused-ring (bicyclic) bond motifs is 1. The summed E-state index contributed by atoms with van der Waals surface area (Å²) in [4.78, 5) is 23.7. The van der Waals surface area contributed by atoms with E-state index < -0.39 is 11.7 Å². The summed E-state index contributed by atoms with van der Waals surface area (Å²) >= 11 is 0. The van der Waals surface area contributed by atoms with Crippen molar-refractivity contribution >= 4 is 11.7 Å². The van der Waals surface area contributed by atoms with Crippen molar-refractivity contribution in [3.05, 3.63) is 47.4 Å². The van der Waals surface area contributed by atoms with Crippen LogP contribution in [0.2, 0.25) is 0 Å². The van der Waals surface area contributed by atoms with Crippen LogP contribution in [0, 0.1) is 18.8 Å². The summed E-state index contributed by atoms with van der Waals surface area (Å²) < 4.78 is 44.1. The molecular formula is C23H27F3N4O2. The van der Waals surface area contributed by atoms with E-state index >= 15 is 0 Å². The average molecular weight is 448 g/mol. The SMILES string of the molecule is CCCOc1ccc(C)nc1C(=O)N1C[C@H]2C[C@H]2CC1CNc1ccc(C(F)(F)F)cn1. The first-order chi connectivity index (χ1) is 15.3. The van der Waals surface area contributed by atoms with Gasteiger partial charge >= 0.3 is 6.18 Å². The van der Waals surface area contributed by atoms with Gasteiger partial charge in [-0.25, -0.2) is 9.97 Å². The second-order valence-electron chi connectivity index (χ2n) is 8.56. The lowest BCUT2D eigenvalue weighted by Gasteiger charge is -2.35. The molecule has 172 valence electrons. The number of carbonyl (C=O) groups excluding carboxylic acids is 1. The number of piperidine rings is 1. The van der Waals surface area contributed by atoms with Crippen LogP contribution in [-0.2, 0) is 6.18 Å². The monoisotopic (exact) mass is 448 g/mol. The van der Waals surface area contributed by atoms with Gasteiger partial charge in [0.05, 0.1) is 12.2 Å². The first kappa shape index (κ1) is 22.4. The third-order valence-electron chi connectivity index (χ3n) is 6.05. The lowest BCUT2D eigenvalue weighted by molar-refractivity contribution is -0.137. The fourth-order valence-corrected chi connectivity index (χ4v) is 4.19. The van der Waals surface area contributed by atoms with Crippen molar-refractivity contribution in [1.29, 1.82) is 0 Å². The quantitative estimate of drug-likeness (QED) is 0.673. The molecule has 2 aromatic rings. The third-order valence-corrected chi connectivity index (χ3v) is 6.05. The average Bonchev–Trinajstić information content (AvgIpc) is 3.53. The number of aryl methyl sites for hydroxylation is 1. The number of anilines is 1. The molecule has 1 N–H and O–H groups in total. The van der Waals surface area contributed by atoms with Gasteiger partial charge < -0.3 is 15.0 Å². The van der Waals surface area contributed by atoms with Gasteiger partial charge in [0.2, 0.25) is 0 Å². The molecule has 32 heavy (non-hydrogen) atoms. The standard InChI is InChI=1S/C23H27F3N4O2/c1-3-8-32-19-6-4-14(2)29-21(19)22(31)30-13-16-9-15(16)10-18(30)12-28-20-7-5-17(11-27-20)23(24,25)26/h4-7,11,15-16,18H,3,8-10,12-13H2,1-2H3,(H,27,28)/t15-,16+,18?/m0/s1. The van der Waals surface area contributed by atoms with E-state index in [-0.39, 0.29) is 11.9 Å². The molecule has 0 spiro atoms. The van der Waals surface area contributed by atoms with Crippen LogP contribution in [0.4, 0.5) is 19.0 Å². The molecule has 0 aromatic carbocycles.